The summed E-state index contributed by atoms with van der Waals surface area (Å²) in [5.74, 6) is 0.541. The molecule has 0 aliphatic carbocycles. The number of hydrogen-bond donors (Lipinski definition) is 1. The van der Waals surface area contributed by atoms with E-state index in [-0.39, 0.29) is 5.82 Å². The molecular formula is C18H20FN. The summed E-state index contributed by atoms with van der Waals surface area (Å²) in [5.41, 5.74) is 2.61. The molecule has 3 rings (SSSR count). The molecule has 1 aliphatic rings. The molecule has 1 saturated heterocycles. The van der Waals surface area contributed by atoms with Gasteiger partial charge in [0.1, 0.15) is 5.82 Å². The SMILES string of the molecule is Fc1ccc(C2CC(Cc3ccccc3)CCN2)cc1. The average molecular weight is 269 g/mol. The van der Waals surface area contributed by atoms with Crippen LogP contribution < -0.4 is 5.32 Å². The van der Waals surface area contributed by atoms with Gasteiger partial charge in [-0.05, 0) is 55.0 Å². The van der Waals surface area contributed by atoms with E-state index in [1.54, 1.807) is 12.1 Å². The first-order chi connectivity index (χ1) is 9.81. The molecule has 0 radical (unpaired) electrons. The van der Waals surface area contributed by atoms with Gasteiger partial charge in [0.15, 0.2) is 0 Å². The van der Waals surface area contributed by atoms with E-state index in [1.807, 2.05) is 12.1 Å². The fourth-order valence-corrected chi connectivity index (χ4v) is 3.08. The monoisotopic (exact) mass is 269 g/mol. The van der Waals surface area contributed by atoms with Crippen molar-refractivity contribution in [2.75, 3.05) is 6.54 Å². The van der Waals surface area contributed by atoms with Crippen molar-refractivity contribution in [3.63, 3.8) is 0 Å². The molecule has 0 aromatic heterocycles. The first-order valence-corrected chi connectivity index (χ1v) is 7.34. The van der Waals surface area contributed by atoms with Gasteiger partial charge < -0.3 is 5.32 Å². The highest BCUT2D eigenvalue weighted by Crippen LogP contribution is 2.29. The van der Waals surface area contributed by atoms with E-state index in [9.17, 15) is 4.39 Å². The molecule has 1 aliphatic heterocycles. The van der Waals surface area contributed by atoms with Crippen LogP contribution in [0.1, 0.15) is 30.0 Å². The maximum Gasteiger partial charge on any atom is 0.123 e. The number of benzene rings is 2. The predicted octanol–water partition coefficient (Wildman–Crippen LogP) is 4.11. The minimum Gasteiger partial charge on any atom is -0.310 e. The van der Waals surface area contributed by atoms with E-state index in [4.69, 9.17) is 0 Å². The Morgan fingerprint density at radius 1 is 1.00 bits per heavy atom. The van der Waals surface area contributed by atoms with E-state index in [2.05, 4.69) is 35.6 Å². The van der Waals surface area contributed by atoms with Crippen LogP contribution in [0.2, 0.25) is 0 Å². The van der Waals surface area contributed by atoms with E-state index >= 15 is 0 Å². The quantitative estimate of drug-likeness (QED) is 0.884. The normalized spacial score (nSPS) is 22.6. The van der Waals surface area contributed by atoms with Gasteiger partial charge in [0.25, 0.3) is 0 Å². The summed E-state index contributed by atoms with van der Waals surface area (Å²) in [6.07, 6.45) is 3.48. The molecule has 20 heavy (non-hydrogen) atoms. The fraction of sp³-hybridized carbons (Fsp3) is 0.333. The van der Waals surface area contributed by atoms with Crippen molar-refractivity contribution < 1.29 is 4.39 Å². The topological polar surface area (TPSA) is 12.0 Å². The smallest absolute Gasteiger partial charge is 0.123 e. The number of piperidine rings is 1. The van der Waals surface area contributed by atoms with Gasteiger partial charge in [-0.1, -0.05) is 42.5 Å². The molecule has 0 saturated carbocycles. The predicted molar refractivity (Wildman–Crippen MR) is 80.0 cm³/mol. The highest BCUT2D eigenvalue weighted by atomic mass is 19.1. The maximum atomic E-state index is 13.0. The molecule has 1 heterocycles. The van der Waals surface area contributed by atoms with E-state index in [0.717, 1.165) is 19.4 Å². The zero-order chi connectivity index (χ0) is 13.8. The van der Waals surface area contributed by atoms with E-state index < -0.39 is 0 Å². The first kappa shape index (κ1) is 13.3. The van der Waals surface area contributed by atoms with Crippen molar-refractivity contribution in [2.24, 2.45) is 5.92 Å². The molecule has 0 amide bonds. The van der Waals surface area contributed by atoms with E-state index in [1.165, 1.54) is 17.5 Å². The van der Waals surface area contributed by atoms with Crippen LogP contribution in [0, 0.1) is 11.7 Å². The lowest BCUT2D eigenvalue weighted by Crippen LogP contribution is -2.32. The molecule has 2 atom stereocenters. The van der Waals surface area contributed by atoms with Gasteiger partial charge in [-0.3, -0.25) is 0 Å². The zero-order valence-corrected chi connectivity index (χ0v) is 11.6. The largest absolute Gasteiger partial charge is 0.310 e. The third kappa shape index (κ3) is 3.26. The first-order valence-electron chi connectivity index (χ1n) is 7.34. The third-order valence-corrected chi connectivity index (χ3v) is 4.15. The Labute approximate surface area is 119 Å². The minimum atomic E-state index is -0.162. The lowest BCUT2D eigenvalue weighted by molar-refractivity contribution is 0.304. The Morgan fingerprint density at radius 3 is 2.50 bits per heavy atom. The average Bonchev–Trinajstić information content (AvgIpc) is 2.49. The number of nitrogens with one attached hydrogen (secondary N) is 1. The van der Waals surface area contributed by atoms with Crippen molar-refractivity contribution in [1.29, 1.82) is 0 Å². The standard InChI is InChI=1S/C18H20FN/c19-17-8-6-16(7-9-17)18-13-15(10-11-20-18)12-14-4-2-1-3-5-14/h1-9,15,18,20H,10-13H2. The Bertz CT molecular complexity index is 535. The van der Waals surface area contributed by atoms with Crippen molar-refractivity contribution >= 4 is 0 Å². The van der Waals surface area contributed by atoms with Gasteiger partial charge in [-0.2, -0.15) is 0 Å². The van der Waals surface area contributed by atoms with Crippen LogP contribution in [0.15, 0.2) is 54.6 Å². The highest BCUT2D eigenvalue weighted by molar-refractivity contribution is 5.21. The second-order valence-electron chi connectivity index (χ2n) is 5.64. The van der Waals surface area contributed by atoms with Crippen LogP contribution in [0.25, 0.3) is 0 Å². The molecular weight excluding hydrogens is 249 g/mol. The number of halogens is 1. The van der Waals surface area contributed by atoms with Crippen LogP contribution in [0.4, 0.5) is 4.39 Å². The van der Waals surface area contributed by atoms with Gasteiger partial charge in [-0.25, -0.2) is 4.39 Å². The molecule has 2 heteroatoms. The Morgan fingerprint density at radius 2 is 1.75 bits per heavy atom. The Hall–Kier alpha value is -1.67. The van der Waals surface area contributed by atoms with Crippen LogP contribution in [0.3, 0.4) is 0 Å². The molecule has 104 valence electrons. The summed E-state index contributed by atoms with van der Waals surface area (Å²) in [4.78, 5) is 0. The van der Waals surface area contributed by atoms with Crippen molar-refractivity contribution in [3.05, 3.63) is 71.5 Å². The fourth-order valence-electron chi connectivity index (χ4n) is 3.08. The van der Waals surface area contributed by atoms with Crippen LogP contribution in [-0.2, 0) is 6.42 Å². The second-order valence-corrected chi connectivity index (χ2v) is 5.64. The summed E-state index contributed by atoms with van der Waals surface area (Å²) in [7, 11) is 0. The molecule has 1 nitrogen and oxygen atoms in total. The molecule has 0 bridgehead atoms. The molecule has 2 aromatic carbocycles. The Balaban J connectivity index is 1.66. The van der Waals surface area contributed by atoms with Crippen molar-refractivity contribution in [3.8, 4) is 0 Å². The van der Waals surface area contributed by atoms with Crippen molar-refractivity contribution in [1.82, 2.24) is 5.32 Å². The third-order valence-electron chi connectivity index (χ3n) is 4.15. The van der Waals surface area contributed by atoms with Crippen LogP contribution in [0.5, 0.6) is 0 Å². The van der Waals surface area contributed by atoms with Gasteiger partial charge in [0, 0.05) is 6.04 Å². The lowest BCUT2D eigenvalue weighted by Gasteiger charge is -2.31. The summed E-state index contributed by atoms with van der Waals surface area (Å²) in [5, 5.41) is 3.55. The molecule has 1 fully saturated rings. The minimum absolute atomic E-state index is 0.162. The maximum absolute atomic E-state index is 13.0. The summed E-state index contributed by atoms with van der Waals surface area (Å²) < 4.78 is 13.0. The van der Waals surface area contributed by atoms with Crippen LogP contribution >= 0.6 is 0 Å². The number of hydrogen-bond acceptors (Lipinski definition) is 1. The lowest BCUT2D eigenvalue weighted by atomic mass is 9.85. The van der Waals surface area contributed by atoms with Crippen molar-refractivity contribution in [2.45, 2.75) is 25.3 Å². The Kier molecular flexibility index (Phi) is 4.12. The summed E-state index contributed by atoms with van der Waals surface area (Å²) in [6, 6.07) is 17.9. The van der Waals surface area contributed by atoms with Gasteiger partial charge in [-0.15, -0.1) is 0 Å². The molecule has 1 N–H and O–H groups in total. The van der Waals surface area contributed by atoms with Gasteiger partial charge >= 0.3 is 0 Å². The molecule has 2 unspecified atom stereocenters. The summed E-state index contributed by atoms with van der Waals surface area (Å²) >= 11 is 0. The molecule has 0 spiro atoms. The highest BCUT2D eigenvalue weighted by Gasteiger charge is 2.22. The van der Waals surface area contributed by atoms with E-state index in [0.29, 0.717) is 12.0 Å². The number of rotatable bonds is 3. The second kappa shape index (κ2) is 6.19. The zero-order valence-electron chi connectivity index (χ0n) is 11.6. The van der Waals surface area contributed by atoms with Crippen LogP contribution in [-0.4, -0.2) is 6.54 Å². The van der Waals surface area contributed by atoms with Gasteiger partial charge in [0.2, 0.25) is 0 Å². The van der Waals surface area contributed by atoms with Gasteiger partial charge in [0.05, 0.1) is 0 Å². The molecule has 2 aromatic rings. The summed E-state index contributed by atoms with van der Waals surface area (Å²) in [6.45, 7) is 1.04.